The van der Waals surface area contributed by atoms with E-state index in [-0.39, 0.29) is 17.1 Å². The number of nitrogens with zero attached hydrogens (tertiary/aromatic N) is 1. The molecular weight excluding hydrogens is 352 g/mol. The Morgan fingerprint density at radius 2 is 2.00 bits per heavy atom. The number of hydrogen-bond donors (Lipinski definition) is 3. The van der Waals surface area contributed by atoms with Gasteiger partial charge in [0.1, 0.15) is 17.2 Å². The van der Waals surface area contributed by atoms with E-state index < -0.39 is 5.91 Å². The van der Waals surface area contributed by atoms with Crippen molar-refractivity contribution < 1.29 is 19.7 Å². The number of methoxy groups -OCH3 is 1. The third-order valence-electron chi connectivity index (χ3n) is 2.81. The van der Waals surface area contributed by atoms with E-state index in [0.717, 1.165) is 4.47 Å². The smallest absolute Gasteiger partial charge is 0.275 e. The maximum atomic E-state index is 11.9. The van der Waals surface area contributed by atoms with E-state index in [1.54, 1.807) is 18.2 Å². The summed E-state index contributed by atoms with van der Waals surface area (Å²) in [6.45, 7) is 0. The van der Waals surface area contributed by atoms with Gasteiger partial charge >= 0.3 is 0 Å². The average Bonchev–Trinajstić information content (AvgIpc) is 2.50. The van der Waals surface area contributed by atoms with Gasteiger partial charge in [0.25, 0.3) is 5.91 Å². The Hall–Kier alpha value is -2.54. The van der Waals surface area contributed by atoms with E-state index in [2.05, 4.69) is 26.5 Å². The molecule has 0 aliphatic carbocycles. The zero-order valence-electron chi connectivity index (χ0n) is 11.6. The van der Waals surface area contributed by atoms with Crippen molar-refractivity contribution in [2.45, 2.75) is 0 Å². The van der Waals surface area contributed by atoms with Gasteiger partial charge in [-0.15, -0.1) is 0 Å². The molecule has 0 saturated heterocycles. The average molecular weight is 365 g/mol. The minimum Gasteiger partial charge on any atom is -0.507 e. The number of amides is 1. The number of ether oxygens (including phenoxy) is 1. The van der Waals surface area contributed by atoms with Gasteiger partial charge in [-0.25, -0.2) is 5.43 Å². The molecule has 0 aliphatic rings. The Balaban J connectivity index is 2.09. The first-order valence-electron chi connectivity index (χ1n) is 6.20. The first-order valence-corrected chi connectivity index (χ1v) is 6.99. The number of carbonyl (C=O) groups is 1. The quantitative estimate of drug-likeness (QED) is 0.574. The number of halogens is 1. The van der Waals surface area contributed by atoms with Crippen LogP contribution in [0, 0.1) is 0 Å². The van der Waals surface area contributed by atoms with E-state index in [1.165, 1.54) is 31.5 Å². The minimum atomic E-state index is -0.578. The largest absolute Gasteiger partial charge is 0.507 e. The van der Waals surface area contributed by atoms with Gasteiger partial charge in [-0.1, -0.05) is 15.9 Å². The van der Waals surface area contributed by atoms with Gasteiger partial charge < -0.3 is 14.9 Å². The highest BCUT2D eigenvalue weighted by molar-refractivity contribution is 9.10. The van der Waals surface area contributed by atoms with Gasteiger partial charge in [0.2, 0.25) is 0 Å². The molecule has 6 nitrogen and oxygen atoms in total. The van der Waals surface area contributed by atoms with E-state index in [9.17, 15) is 15.0 Å². The fourth-order valence-electron chi connectivity index (χ4n) is 1.68. The van der Waals surface area contributed by atoms with Crippen LogP contribution >= 0.6 is 15.9 Å². The Labute approximate surface area is 135 Å². The minimum absolute atomic E-state index is 0.0356. The van der Waals surface area contributed by atoms with Crippen molar-refractivity contribution in [3.05, 3.63) is 52.0 Å². The van der Waals surface area contributed by atoms with Crippen molar-refractivity contribution in [1.29, 1.82) is 0 Å². The summed E-state index contributed by atoms with van der Waals surface area (Å²) < 4.78 is 5.71. The lowest BCUT2D eigenvalue weighted by atomic mass is 10.2. The third-order valence-corrected chi connectivity index (χ3v) is 3.30. The number of hydrogen-bond acceptors (Lipinski definition) is 5. The molecule has 2 rings (SSSR count). The summed E-state index contributed by atoms with van der Waals surface area (Å²) in [7, 11) is 1.46. The van der Waals surface area contributed by atoms with Gasteiger partial charge in [0.15, 0.2) is 0 Å². The van der Waals surface area contributed by atoms with Crippen molar-refractivity contribution >= 4 is 28.1 Å². The normalized spacial score (nSPS) is 10.6. The van der Waals surface area contributed by atoms with E-state index in [4.69, 9.17) is 4.74 Å². The standard InChI is InChI=1S/C15H13BrN2O4/c1-22-11-3-4-12(14(20)7-11)15(21)18-17-8-9-6-10(16)2-5-13(9)19/h2-8,19-20H,1H3,(H,18,21)/b17-8-. The second kappa shape index (κ2) is 6.95. The topological polar surface area (TPSA) is 91.2 Å². The lowest BCUT2D eigenvalue weighted by molar-refractivity contribution is 0.0952. The molecular formula is C15H13BrN2O4. The summed E-state index contributed by atoms with van der Waals surface area (Å²) in [5.74, 6) is -0.312. The van der Waals surface area contributed by atoms with Gasteiger partial charge in [-0.05, 0) is 30.3 Å². The molecule has 0 heterocycles. The molecule has 2 aromatic rings. The Morgan fingerprint density at radius 1 is 1.23 bits per heavy atom. The Morgan fingerprint density at radius 3 is 2.68 bits per heavy atom. The molecule has 1 amide bonds. The maximum Gasteiger partial charge on any atom is 0.275 e. The van der Waals surface area contributed by atoms with Crippen LogP contribution in [0.2, 0.25) is 0 Å². The van der Waals surface area contributed by atoms with Crippen LogP contribution in [0.5, 0.6) is 17.2 Å². The number of aromatic hydroxyl groups is 2. The van der Waals surface area contributed by atoms with Crippen molar-refractivity contribution in [2.75, 3.05) is 7.11 Å². The second-order valence-electron chi connectivity index (χ2n) is 4.29. The molecule has 0 spiro atoms. The summed E-state index contributed by atoms with van der Waals surface area (Å²) in [5.41, 5.74) is 2.78. The van der Waals surface area contributed by atoms with Crippen LogP contribution in [0.1, 0.15) is 15.9 Å². The Bertz CT molecular complexity index is 731. The van der Waals surface area contributed by atoms with Gasteiger partial charge in [0.05, 0.1) is 18.9 Å². The fourth-order valence-corrected chi connectivity index (χ4v) is 2.06. The van der Waals surface area contributed by atoms with Crippen LogP contribution in [0.4, 0.5) is 0 Å². The highest BCUT2D eigenvalue weighted by atomic mass is 79.9. The van der Waals surface area contributed by atoms with Crippen molar-refractivity contribution in [1.82, 2.24) is 5.43 Å². The maximum absolute atomic E-state index is 11.9. The molecule has 2 aromatic carbocycles. The lowest BCUT2D eigenvalue weighted by Gasteiger charge is -2.05. The van der Waals surface area contributed by atoms with Gasteiger partial charge in [-0.2, -0.15) is 5.10 Å². The van der Waals surface area contributed by atoms with Crippen LogP contribution < -0.4 is 10.2 Å². The van der Waals surface area contributed by atoms with Crippen LogP contribution in [0.3, 0.4) is 0 Å². The third kappa shape index (κ3) is 3.76. The SMILES string of the molecule is COc1ccc(C(=O)N/N=C\c2cc(Br)ccc2O)c(O)c1. The number of carbonyl (C=O) groups excluding carboxylic acids is 1. The Kier molecular flexibility index (Phi) is 5.00. The summed E-state index contributed by atoms with van der Waals surface area (Å²) in [4.78, 5) is 11.9. The molecule has 0 unspecified atom stereocenters. The summed E-state index contributed by atoms with van der Waals surface area (Å²) in [6.07, 6.45) is 1.30. The molecule has 0 aliphatic heterocycles. The molecule has 0 aromatic heterocycles. The van der Waals surface area contributed by atoms with E-state index in [0.29, 0.717) is 11.3 Å². The highest BCUT2D eigenvalue weighted by Gasteiger charge is 2.11. The molecule has 22 heavy (non-hydrogen) atoms. The highest BCUT2D eigenvalue weighted by Crippen LogP contribution is 2.23. The molecule has 0 atom stereocenters. The van der Waals surface area contributed by atoms with E-state index in [1.807, 2.05) is 0 Å². The second-order valence-corrected chi connectivity index (χ2v) is 5.20. The number of phenols is 2. The summed E-state index contributed by atoms with van der Waals surface area (Å²) >= 11 is 3.27. The number of rotatable bonds is 4. The summed E-state index contributed by atoms with van der Waals surface area (Å²) in [6, 6.07) is 9.14. The van der Waals surface area contributed by atoms with Crippen molar-refractivity contribution in [3.63, 3.8) is 0 Å². The predicted molar refractivity (Wildman–Crippen MR) is 85.5 cm³/mol. The molecule has 3 N–H and O–H groups in total. The lowest BCUT2D eigenvalue weighted by Crippen LogP contribution is -2.17. The zero-order chi connectivity index (χ0) is 16.1. The zero-order valence-corrected chi connectivity index (χ0v) is 13.2. The first kappa shape index (κ1) is 15.8. The van der Waals surface area contributed by atoms with Crippen LogP contribution in [0.25, 0.3) is 0 Å². The van der Waals surface area contributed by atoms with Crippen LogP contribution in [-0.2, 0) is 0 Å². The van der Waals surface area contributed by atoms with Crippen LogP contribution in [0.15, 0.2) is 46.0 Å². The van der Waals surface area contributed by atoms with Gasteiger partial charge in [0, 0.05) is 16.1 Å². The first-order chi connectivity index (χ1) is 10.5. The summed E-state index contributed by atoms with van der Waals surface area (Å²) in [5, 5.41) is 23.1. The number of hydrazone groups is 1. The molecule has 0 saturated carbocycles. The number of nitrogens with one attached hydrogen (secondary N) is 1. The van der Waals surface area contributed by atoms with Gasteiger partial charge in [-0.3, -0.25) is 4.79 Å². The number of benzene rings is 2. The van der Waals surface area contributed by atoms with Crippen molar-refractivity contribution in [2.24, 2.45) is 5.10 Å². The monoisotopic (exact) mass is 364 g/mol. The van der Waals surface area contributed by atoms with E-state index >= 15 is 0 Å². The molecule has 0 bridgehead atoms. The predicted octanol–water partition coefficient (Wildman–Crippen LogP) is 2.63. The fraction of sp³-hybridized carbons (Fsp3) is 0.0667. The molecule has 0 fully saturated rings. The molecule has 7 heteroatoms. The van der Waals surface area contributed by atoms with Crippen molar-refractivity contribution in [3.8, 4) is 17.2 Å². The van der Waals surface area contributed by atoms with Crippen LogP contribution in [-0.4, -0.2) is 29.4 Å². The number of phenolic OH excluding ortho intramolecular Hbond substituents is 2. The molecule has 114 valence electrons. The molecule has 0 radical (unpaired) electrons.